The lowest BCUT2D eigenvalue weighted by Crippen LogP contribution is -2.30. The van der Waals surface area contributed by atoms with Gasteiger partial charge in [0, 0.05) is 12.0 Å². The lowest BCUT2D eigenvalue weighted by molar-refractivity contribution is -0.0500. The summed E-state index contributed by atoms with van der Waals surface area (Å²) >= 11 is 0. The summed E-state index contributed by atoms with van der Waals surface area (Å²) in [7, 11) is -5.74. The molecule has 0 radical (unpaired) electrons. The van der Waals surface area contributed by atoms with Crippen molar-refractivity contribution in [3.05, 3.63) is 28.8 Å². The monoisotopic (exact) mass is 362 g/mol. The Kier molecular flexibility index (Phi) is 3.75. The molecular formula is C16H17F3O4S. The second-order valence-corrected chi connectivity index (χ2v) is 8.54. The van der Waals surface area contributed by atoms with Gasteiger partial charge >= 0.3 is 15.6 Å². The standard InChI is InChI=1S/C16H17F3O4S/c1-15(2)6-5-13(20)14-11(9-3-4-9)7-10(8-12(14)15)23-24(21,22)16(17,18)19/h7-9H,3-6H2,1-2H3. The Balaban J connectivity index is 2.14. The zero-order valence-corrected chi connectivity index (χ0v) is 14.1. The average Bonchev–Trinajstić information content (AvgIpc) is 3.25. The van der Waals surface area contributed by atoms with Crippen molar-refractivity contribution in [2.75, 3.05) is 0 Å². The van der Waals surface area contributed by atoms with Crippen LogP contribution in [0.4, 0.5) is 13.2 Å². The molecule has 2 aliphatic carbocycles. The molecule has 0 bridgehead atoms. The van der Waals surface area contributed by atoms with E-state index < -0.39 is 21.0 Å². The Morgan fingerprint density at radius 3 is 2.38 bits per heavy atom. The number of Topliss-reactive ketones (excluding diaryl/α,β-unsaturated/α-hetero) is 1. The molecule has 0 aliphatic heterocycles. The van der Waals surface area contributed by atoms with Crippen LogP contribution < -0.4 is 4.18 Å². The Bertz CT molecular complexity index is 805. The zero-order valence-electron chi connectivity index (χ0n) is 13.2. The van der Waals surface area contributed by atoms with E-state index in [1.54, 1.807) is 0 Å². The van der Waals surface area contributed by atoms with E-state index in [9.17, 15) is 26.4 Å². The van der Waals surface area contributed by atoms with Crippen molar-refractivity contribution in [1.29, 1.82) is 0 Å². The van der Waals surface area contributed by atoms with Crippen LogP contribution in [0.1, 0.15) is 66.9 Å². The van der Waals surface area contributed by atoms with E-state index in [0.29, 0.717) is 29.5 Å². The summed E-state index contributed by atoms with van der Waals surface area (Å²) in [6.07, 6.45) is 2.59. The number of halogens is 3. The van der Waals surface area contributed by atoms with Crippen LogP contribution in [0.3, 0.4) is 0 Å². The van der Waals surface area contributed by atoms with Gasteiger partial charge in [0.05, 0.1) is 0 Å². The summed E-state index contributed by atoms with van der Waals surface area (Å²) in [5, 5.41) is 0. The van der Waals surface area contributed by atoms with Crippen LogP contribution in [-0.4, -0.2) is 19.7 Å². The lowest BCUT2D eigenvalue weighted by Gasteiger charge is -2.33. The quantitative estimate of drug-likeness (QED) is 0.601. The third kappa shape index (κ3) is 2.92. The molecule has 1 aromatic carbocycles. The number of fused-ring (bicyclic) bond motifs is 1. The maximum absolute atomic E-state index is 12.6. The lowest BCUT2D eigenvalue weighted by atomic mass is 9.70. The Labute approximate surface area is 138 Å². The zero-order chi connectivity index (χ0) is 17.9. The minimum absolute atomic E-state index is 0.0450. The van der Waals surface area contributed by atoms with Crippen LogP contribution in [0.2, 0.25) is 0 Å². The summed E-state index contributed by atoms with van der Waals surface area (Å²) in [4.78, 5) is 12.3. The van der Waals surface area contributed by atoms with Crippen molar-refractivity contribution >= 4 is 15.9 Å². The Morgan fingerprint density at radius 1 is 1.21 bits per heavy atom. The first-order chi connectivity index (χ1) is 10.9. The van der Waals surface area contributed by atoms with Gasteiger partial charge in [0.25, 0.3) is 0 Å². The third-order valence-electron chi connectivity index (χ3n) is 4.63. The maximum Gasteiger partial charge on any atom is 0.534 e. The molecule has 0 aromatic heterocycles. The fourth-order valence-electron chi connectivity index (χ4n) is 3.11. The second kappa shape index (κ2) is 5.21. The first-order valence-corrected chi connectivity index (χ1v) is 9.05. The molecule has 0 saturated heterocycles. The topological polar surface area (TPSA) is 60.4 Å². The highest BCUT2D eigenvalue weighted by Crippen LogP contribution is 2.48. The van der Waals surface area contributed by atoms with Crippen LogP contribution in [0.5, 0.6) is 5.75 Å². The second-order valence-electron chi connectivity index (χ2n) is 7.00. The van der Waals surface area contributed by atoms with Gasteiger partial charge in [0.1, 0.15) is 5.75 Å². The minimum Gasteiger partial charge on any atom is -0.376 e. The van der Waals surface area contributed by atoms with Crippen molar-refractivity contribution in [2.24, 2.45) is 0 Å². The van der Waals surface area contributed by atoms with Crippen LogP contribution in [0, 0.1) is 0 Å². The fourth-order valence-corrected chi connectivity index (χ4v) is 3.55. The molecule has 0 N–H and O–H groups in total. The Hall–Kier alpha value is -1.57. The van der Waals surface area contributed by atoms with Crippen molar-refractivity contribution in [3.63, 3.8) is 0 Å². The first-order valence-electron chi connectivity index (χ1n) is 7.65. The summed E-state index contributed by atoms with van der Waals surface area (Å²) in [6.45, 7) is 3.77. The van der Waals surface area contributed by atoms with Crippen LogP contribution >= 0.6 is 0 Å². The minimum atomic E-state index is -5.74. The number of hydrogen-bond donors (Lipinski definition) is 0. The largest absolute Gasteiger partial charge is 0.534 e. The van der Waals surface area contributed by atoms with Gasteiger partial charge in [-0.1, -0.05) is 13.8 Å². The molecule has 24 heavy (non-hydrogen) atoms. The molecule has 1 aromatic rings. The molecule has 1 saturated carbocycles. The number of carbonyl (C=O) groups is 1. The number of carbonyl (C=O) groups excluding carboxylic acids is 1. The number of alkyl halides is 3. The van der Waals surface area contributed by atoms with Gasteiger partial charge in [-0.05, 0) is 53.9 Å². The molecule has 0 unspecified atom stereocenters. The molecule has 1 fully saturated rings. The van der Waals surface area contributed by atoms with E-state index in [-0.39, 0.29) is 17.5 Å². The average molecular weight is 362 g/mol. The number of ketones is 1. The van der Waals surface area contributed by atoms with E-state index in [4.69, 9.17) is 0 Å². The van der Waals surface area contributed by atoms with Crippen LogP contribution in [0.25, 0.3) is 0 Å². The molecule has 3 rings (SSSR count). The molecule has 4 nitrogen and oxygen atoms in total. The molecule has 2 aliphatic rings. The van der Waals surface area contributed by atoms with Crippen molar-refractivity contribution in [2.45, 2.75) is 56.4 Å². The van der Waals surface area contributed by atoms with Gasteiger partial charge < -0.3 is 4.18 Å². The van der Waals surface area contributed by atoms with E-state index in [2.05, 4.69) is 4.18 Å². The smallest absolute Gasteiger partial charge is 0.376 e. The summed E-state index contributed by atoms with van der Waals surface area (Å²) in [5.41, 5.74) is -4.22. The highest BCUT2D eigenvalue weighted by molar-refractivity contribution is 7.88. The van der Waals surface area contributed by atoms with Crippen molar-refractivity contribution in [3.8, 4) is 5.75 Å². The van der Waals surface area contributed by atoms with E-state index in [1.807, 2.05) is 13.8 Å². The van der Waals surface area contributed by atoms with E-state index in [1.165, 1.54) is 12.1 Å². The maximum atomic E-state index is 12.6. The predicted octanol–water partition coefficient (Wildman–Crippen LogP) is 4.05. The molecule has 0 amide bonds. The van der Waals surface area contributed by atoms with Crippen molar-refractivity contribution < 1.29 is 30.6 Å². The third-order valence-corrected chi connectivity index (χ3v) is 5.61. The first kappa shape index (κ1) is 17.3. The Morgan fingerprint density at radius 2 is 1.83 bits per heavy atom. The van der Waals surface area contributed by atoms with Gasteiger partial charge in [0.15, 0.2) is 5.78 Å². The highest BCUT2D eigenvalue weighted by atomic mass is 32.2. The SMILES string of the molecule is CC1(C)CCC(=O)c2c(C3CC3)cc(OS(=O)(=O)C(F)(F)F)cc21. The molecule has 0 atom stereocenters. The van der Waals surface area contributed by atoms with Gasteiger partial charge in [-0.2, -0.15) is 21.6 Å². The van der Waals surface area contributed by atoms with Gasteiger partial charge in [-0.3, -0.25) is 4.79 Å². The van der Waals surface area contributed by atoms with Crippen molar-refractivity contribution in [1.82, 2.24) is 0 Å². The summed E-state index contributed by atoms with van der Waals surface area (Å²) in [5.74, 6) is -0.346. The van der Waals surface area contributed by atoms with Gasteiger partial charge in [0.2, 0.25) is 0 Å². The molecule has 0 spiro atoms. The number of benzene rings is 1. The fraction of sp³-hybridized carbons (Fsp3) is 0.562. The van der Waals surface area contributed by atoms with Crippen LogP contribution in [0.15, 0.2) is 12.1 Å². The van der Waals surface area contributed by atoms with Gasteiger partial charge in [-0.25, -0.2) is 0 Å². The van der Waals surface area contributed by atoms with E-state index >= 15 is 0 Å². The van der Waals surface area contributed by atoms with Crippen LogP contribution in [-0.2, 0) is 15.5 Å². The summed E-state index contributed by atoms with van der Waals surface area (Å²) in [6, 6.07) is 2.54. The number of hydrogen-bond acceptors (Lipinski definition) is 4. The molecule has 132 valence electrons. The molecular weight excluding hydrogens is 345 g/mol. The highest BCUT2D eigenvalue weighted by Gasteiger charge is 2.49. The number of rotatable bonds is 3. The van der Waals surface area contributed by atoms with E-state index in [0.717, 1.165) is 12.8 Å². The predicted molar refractivity (Wildman–Crippen MR) is 80.6 cm³/mol. The molecule has 0 heterocycles. The summed E-state index contributed by atoms with van der Waals surface area (Å²) < 4.78 is 64.6. The molecule has 8 heteroatoms. The normalized spacial score (nSPS) is 20.6. The van der Waals surface area contributed by atoms with Gasteiger partial charge in [-0.15, -0.1) is 0 Å².